The van der Waals surface area contributed by atoms with Crippen LogP contribution in [0, 0.1) is 6.92 Å². The third kappa shape index (κ3) is 3.67. The molecule has 1 amide bonds. The van der Waals surface area contributed by atoms with Crippen LogP contribution in [0.4, 0.5) is 0 Å². The highest BCUT2D eigenvalue weighted by Gasteiger charge is 2.12. The van der Waals surface area contributed by atoms with Crippen LogP contribution in [0.15, 0.2) is 22.9 Å². The van der Waals surface area contributed by atoms with Crippen LogP contribution in [0.5, 0.6) is 0 Å². The van der Waals surface area contributed by atoms with Crippen molar-refractivity contribution in [2.75, 3.05) is 0 Å². The van der Waals surface area contributed by atoms with E-state index in [-0.39, 0.29) is 5.91 Å². The minimum absolute atomic E-state index is 0.0630. The van der Waals surface area contributed by atoms with E-state index < -0.39 is 0 Å². The van der Waals surface area contributed by atoms with E-state index in [1.807, 2.05) is 30.0 Å². The number of rotatable bonds is 5. The fourth-order valence-corrected chi connectivity index (χ4v) is 3.01. The molecular formula is C13H16BrN3OS. The maximum Gasteiger partial charge on any atom is 0.268 e. The van der Waals surface area contributed by atoms with Gasteiger partial charge in [0.2, 0.25) is 0 Å². The molecule has 2 heterocycles. The highest BCUT2D eigenvalue weighted by molar-refractivity contribution is 9.10. The molecule has 0 aliphatic heterocycles. The molecule has 4 nitrogen and oxygen atoms in total. The van der Waals surface area contributed by atoms with Crippen LogP contribution >= 0.6 is 27.3 Å². The zero-order chi connectivity index (χ0) is 13.8. The predicted octanol–water partition coefficient (Wildman–Crippen LogP) is 3.36. The SMILES string of the molecule is CCCn1cc(Br)cc1C(=O)NCc1ncc(C)s1. The standard InChI is InChI=1S/C13H16BrN3OS/c1-3-4-17-8-10(14)5-11(17)13(18)16-7-12-15-6-9(2)19-12/h5-6,8H,3-4,7H2,1-2H3,(H,16,18). The molecule has 0 saturated heterocycles. The lowest BCUT2D eigenvalue weighted by Crippen LogP contribution is -2.25. The minimum atomic E-state index is -0.0630. The summed E-state index contributed by atoms with van der Waals surface area (Å²) in [5.41, 5.74) is 0.682. The van der Waals surface area contributed by atoms with Crippen molar-refractivity contribution >= 4 is 33.2 Å². The lowest BCUT2D eigenvalue weighted by Gasteiger charge is -2.07. The Morgan fingerprint density at radius 2 is 2.37 bits per heavy atom. The maximum absolute atomic E-state index is 12.2. The van der Waals surface area contributed by atoms with Crippen molar-refractivity contribution in [3.8, 4) is 0 Å². The number of carbonyl (C=O) groups excluding carboxylic acids is 1. The molecule has 19 heavy (non-hydrogen) atoms. The van der Waals surface area contributed by atoms with Crippen molar-refractivity contribution in [3.05, 3.63) is 38.5 Å². The molecule has 0 radical (unpaired) electrons. The fraction of sp³-hybridized carbons (Fsp3) is 0.385. The number of hydrogen-bond donors (Lipinski definition) is 1. The van der Waals surface area contributed by atoms with Crippen molar-refractivity contribution in [1.82, 2.24) is 14.9 Å². The molecule has 0 fully saturated rings. The van der Waals surface area contributed by atoms with E-state index >= 15 is 0 Å². The number of nitrogens with zero attached hydrogens (tertiary/aromatic N) is 2. The summed E-state index contributed by atoms with van der Waals surface area (Å²) in [6.45, 7) is 5.41. The third-order valence-electron chi connectivity index (χ3n) is 2.63. The normalized spacial score (nSPS) is 10.7. The molecule has 0 atom stereocenters. The molecular weight excluding hydrogens is 326 g/mol. The highest BCUT2D eigenvalue weighted by Crippen LogP contribution is 2.16. The van der Waals surface area contributed by atoms with Crippen molar-refractivity contribution in [1.29, 1.82) is 0 Å². The summed E-state index contributed by atoms with van der Waals surface area (Å²) in [4.78, 5) is 17.5. The van der Waals surface area contributed by atoms with Crippen molar-refractivity contribution in [2.45, 2.75) is 33.4 Å². The van der Waals surface area contributed by atoms with Crippen LogP contribution in [-0.4, -0.2) is 15.5 Å². The molecule has 2 aromatic rings. The van der Waals surface area contributed by atoms with Gasteiger partial charge in [0.25, 0.3) is 5.91 Å². The third-order valence-corrected chi connectivity index (χ3v) is 3.98. The summed E-state index contributed by atoms with van der Waals surface area (Å²) < 4.78 is 2.89. The second kappa shape index (κ2) is 6.34. The maximum atomic E-state index is 12.2. The van der Waals surface area contributed by atoms with Crippen LogP contribution in [-0.2, 0) is 13.1 Å². The first kappa shape index (κ1) is 14.3. The van der Waals surface area contributed by atoms with Gasteiger partial charge in [-0.25, -0.2) is 4.98 Å². The first-order valence-electron chi connectivity index (χ1n) is 6.15. The molecule has 0 spiro atoms. The van der Waals surface area contributed by atoms with Gasteiger partial charge in [0, 0.05) is 28.3 Å². The van der Waals surface area contributed by atoms with Gasteiger partial charge in [0.15, 0.2) is 0 Å². The Kier molecular flexibility index (Phi) is 4.76. The largest absolute Gasteiger partial charge is 0.344 e. The second-order valence-electron chi connectivity index (χ2n) is 4.28. The van der Waals surface area contributed by atoms with Gasteiger partial charge in [0.05, 0.1) is 6.54 Å². The lowest BCUT2D eigenvalue weighted by atomic mass is 10.3. The minimum Gasteiger partial charge on any atom is -0.344 e. The molecule has 0 saturated carbocycles. The number of nitrogens with one attached hydrogen (secondary N) is 1. The number of carbonyl (C=O) groups is 1. The first-order valence-corrected chi connectivity index (χ1v) is 7.76. The summed E-state index contributed by atoms with van der Waals surface area (Å²) in [5, 5.41) is 3.84. The topological polar surface area (TPSA) is 46.9 Å². The zero-order valence-corrected chi connectivity index (χ0v) is 13.3. The summed E-state index contributed by atoms with van der Waals surface area (Å²) in [5.74, 6) is -0.0630. The van der Waals surface area contributed by atoms with Crippen molar-refractivity contribution < 1.29 is 4.79 Å². The molecule has 2 aromatic heterocycles. The fourth-order valence-electron chi connectivity index (χ4n) is 1.82. The molecule has 0 unspecified atom stereocenters. The molecule has 6 heteroatoms. The van der Waals surface area contributed by atoms with Gasteiger partial charge in [-0.3, -0.25) is 4.79 Å². The molecule has 0 aromatic carbocycles. The second-order valence-corrected chi connectivity index (χ2v) is 6.52. The number of amides is 1. The van der Waals surface area contributed by atoms with Gasteiger partial charge in [-0.1, -0.05) is 6.92 Å². The van der Waals surface area contributed by atoms with Crippen LogP contribution in [0.1, 0.15) is 33.7 Å². The number of aryl methyl sites for hydroxylation is 2. The Bertz CT molecular complexity index is 576. The Labute approximate surface area is 125 Å². The lowest BCUT2D eigenvalue weighted by molar-refractivity contribution is 0.0941. The highest BCUT2D eigenvalue weighted by atomic mass is 79.9. The van der Waals surface area contributed by atoms with E-state index in [1.165, 1.54) is 0 Å². The van der Waals surface area contributed by atoms with E-state index in [0.29, 0.717) is 12.2 Å². The van der Waals surface area contributed by atoms with Crippen molar-refractivity contribution in [3.63, 3.8) is 0 Å². The molecule has 1 N–H and O–H groups in total. The first-order chi connectivity index (χ1) is 9.10. The smallest absolute Gasteiger partial charge is 0.268 e. The Morgan fingerprint density at radius 3 is 3.00 bits per heavy atom. The van der Waals surface area contributed by atoms with Gasteiger partial charge >= 0.3 is 0 Å². The number of hydrogen-bond acceptors (Lipinski definition) is 3. The quantitative estimate of drug-likeness (QED) is 0.906. The van der Waals surface area contributed by atoms with Crippen LogP contribution < -0.4 is 5.32 Å². The van der Waals surface area contributed by atoms with E-state index in [1.54, 1.807) is 11.3 Å². The van der Waals surface area contributed by atoms with Crippen LogP contribution in [0.2, 0.25) is 0 Å². The Morgan fingerprint density at radius 1 is 1.58 bits per heavy atom. The molecule has 0 aliphatic rings. The van der Waals surface area contributed by atoms with Gasteiger partial charge in [0.1, 0.15) is 10.7 Å². The number of halogens is 1. The van der Waals surface area contributed by atoms with Gasteiger partial charge in [-0.15, -0.1) is 11.3 Å². The summed E-state index contributed by atoms with van der Waals surface area (Å²) in [6, 6.07) is 1.85. The van der Waals surface area contributed by atoms with E-state index in [9.17, 15) is 4.79 Å². The molecule has 0 aliphatic carbocycles. The van der Waals surface area contributed by atoms with E-state index in [4.69, 9.17) is 0 Å². The number of thiazole rings is 1. The summed E-state index contributed by atoms with van der Waals surface area (Å²) in [6.07, 6.45) is 4.75. The zero-order valence-electron chi connectivity index (χ0n) is 10.9. The van der Waals surface area contributed by atoms with Crippen LogP contribution in [0.25, 0.3) is 0 Å². The van der Waals surface area contributed by atoms with Crippen LogP contribution in [0.3, 0.4) is 0 Å². The molecule has 0 bridgehead atoms. The van der Waals surface area contributed by atoms with Gasteiger partial charge in [-0.05, 0) is 35.3 Å². The van der Waals surface area contributed by atoms with Gasteiger partial charge in [-0.2, -0.15) is 0 Å². The molecule has 102 valence electrons. The summed E-state index contributed by atoms with van der Waals surface area (Å²) in [7, 11) is 0. The average molecular weight is 342 g/mol. The number of aromatic nitrogens is 2. The Balaban J connectivity index is 2.03. The monoisotopic (exact) mass is 341 g/mol. The van der Waals surface area contributed by atoms with E-state index in [0.717, 1.165) is 27.3 Å². The van der Waals surface area contributed by atoms with Gasteiger partial charge < -0.3 is 9.88 Å². The van der Waals surface area contributed by atoms with Crippen molar-refractivity contribution in [2.24, 2.45) is 0 Å². The predicted molar refractivity (Wildman–Crippen MR) is 80.4 cm³/mol. The molecule has 2 rings (SSSR count). The Hall–Kier alpha value is -1.14. The summed E-state index contributed by atoms with van der Waals surface area (Å²) >= 11 is 5.01. The average Bonchev–Trinajstić information content (AvgIpc) is 2.93. The van der Waals surface area contributed by atoms with E-state index in [2.05, 4.69) is 33.2 Å².